The van der Waals surface area contributed by atoms with E-state index in [1.54, 1.807) is 0 Å². The molecule has 2 aromatic rings. The first-order valence-electron chi connectivity index (χ1n) is 6.15. The Hall–Kier alpha value is -1.82. The van der Waals surface area contributed by atoms with Crippen LogP contribution in [0.15, 0.2) is 29.4 Å². The van der Waals surface area contributed by atoms with E-state index < -0.39 is 5.91 Å². The van der Waals surface area contributed by atoms with E-state index in [9.17, 15) is 4.79 Å². The highest BCUT2D eigenvalue weighted by Crippen LogP contribution is 2.31. The van der Waals surface area contributed by atoms with Crippen LogP contribution in [0.4, 0.5) is 5.69 Å². The number of aromatic amines is 1. The van der Waals surface area contributed by atoms with Gasteiger partial charge in [-0.05, 0) is 24.1 Å². The monoisotopic (exact) mass is 357 g/mol. The lowest BCUT2D eigenvalue weighted by molar-refractivity contribution is -0.379. The molecule has 5 nitrogen and oxygen atoms in total. The van der Waals surface area contributed by atoms with Gasteiger partial charge in [-0.25, -0.2) is 5.43 Å². The van der Waals surface area contributed by atoms with Gasteiger partial charge in [-0.3, -0.25) is 4.79 Å². The number of H-pyrrole nitrogens is 1. The van der Waals surface area contributed by atoms with Crippen molar-refractivity contribution in [2.24, 2.45) is 5.10 Å². The number of pyridine rings is 1. The number of benzene rings is 1. The lowest BCUT2D eigenvalue weighted by Gasteiger charge is -2.02. The highest BCUT2D eigenvalue weighted by molar-refractivity contribution is 6.45. The summed E-state index contributed by atoms with van der Waals surface area (Å²) in [4.78, 5) is 14.6. The van der Waals surface area contributed by atoms with Crippen LogP contribution in [-0.2, 0) is 0 Å². The number of nitrogens with one attached hydrogen (secondary N) is 2. The van der Waals surface area contributed by atoms with Crippen molar-refractivity contribution < 1.29 is 9.78 Å². The molecule has 0 aliphatic rings. The average Bonchev–Trinajstić information content (AvgIpc) is 2.48. The Labute approximate surface area is 142 Å². The number of rotatable bonds is 3. The van der Waals surface area contributed by atoms with E-state index in [0.29, 0.717) is 0 Å². The van der Waals surface area contributed by atoms with Crippen LogP contribution in [0.1, 0.15) is 21.6 Å². The molecule has 2 rings (SSSR count). The Bertz CT molecular complexity index is 762. The van der Waals surface area contributed by atoms with Gasteiger partial charge >= 0.3 is 5.91 Å². The summed E-state index contributed by atoms with van der Waals surface area (Å²) in [6.07, 6.45) is 1.51. The van der Waals surface area contributed by atoms with Crippen LogP contribution >= 0.6 is 34.8 Å². The molecule has 0 radical (unpaired) electrons. The third-order valence-electron chi connectivity index (χ3n) is 2.77. The van der Waals surface area contributed by atoms with Gasteiger partial charge in [0.15, 0.2) is 0 Å². The Morgan fingerprint density at radius 2 is 2.05 bits per heavy atom. The van der Waals surface area contributed by atoms with Gasteiger partial charge in [-0.1, -0.05) is 53.0 Å². The second kappa shape index (κ2) is 6.96. The van der Waals surface area contributed by atoms with Gasteiger partial charge < -0.3 is 5.73 Å². The van der Waals surface area contributed by atoms with Gasteiger partial charge in [0.1, 0.15) is 10.0 Å². The molecule has 8 heteroatoms. The molecule has 0 unspecified atom stereocenters. The first-order valence-corrected chi connectivity index (χ1v) is 7.29. The van der Waals surface area contributed by atoms with Crippen molar-refractivity contribution in [3.05, 3.63) is 56.3 Å². The second-order valence-electron chi connectivity index (χ2n) is 4.47. The molecule has 0 saturated heterocycles. The normalized spacial score (nSPS) is 10.9. The fourth-order valence-corrected chi connectivity index (χ4v) is 2.31. The number of nitrogen functional groups attached to an aromatic ring is 1. The molecular weight excluding hydrogens is 347 g/mol. The maximum Gasteiger partial charge on any atom is 0.337 e. The number of amides is 1. The van der Waals surface area contributed by atoms with E-state index in [2.05, 4.69) is 15.5 Å². The molecule has 0 saturated carbocycles. The van der Waals surface area contributed by atoms with Crippen LogP contribution in [-0.4, -0.2) is 12.1 Å². The van der Waals surface area contributed by atoms with E-state index in [1.165, 1.54) is 6.21 Å². The predicted molar refractivity (Wildman–Crippen MR) is 88.7 cm³/mol. The van der Waals surface area contributed by atoms with Crippen LogP contribution in [0, 0.1) is 6.92 Å². The molecule has 0 aliphatic carbocycles. The number of hydrogen-bond acceptors (Lipinski definition) is 3. The van der Waals surface area contributed by atoms with Gasteiger partial charge in [0.2, 0.25) is 0 Å². The number of hydrogen-bond donors (Lipinski definition) is 2. The number of carbonyl (C=O) groups is 1. The predicted octanol–water partition coefficient (Wildman–Crippen LogP) is 3.12. The van der Waals surface area contributed by atoms with Gasteiger partial charge in [0, 0.05) is 0 Å². The number of nitrogens with two attached hydrogens (primary N) is 1. The summed E-state index contributed by atoms with van der Waals surface area (Å²) in [6, 6.07) is 7.64. The lowest BCUT2D eigenvalue weighted by atomic mass is 10.2. The number of aromatic nitrogens is 1. The summed E-state index contributed by atoms with van der Waals surface area (Å²) in [5, 5.41) is 3.93. The van der Waals surface area contributed by atoms with Crippen molar-refractivity contribution in [3.8, 4) is 0 Å². The number of carbonyl (C=O) groups excluding carboxylic acids is 1. The van der Waals surface area contributed by atoms with Crippen LogP contribution < -0.4 is 16.1 Å². The molecular formula is C14H12Cl3N4O+. The highest BCUT2D eigenvalue weighted by Gasteiger charge is 2.25. The summed E-state index contributed by atoms with van der Waals surface area (Å²) in [5.74, 6) is -0.584. The molecule has 0 aliphatic heterocycles. The quantitative estimate of drug-likeness (QED) is 0.502. The number of aryl methyl sites for hydroxylation is 1. The smallest absolute Gasteiger partial charge is 0.337 e. The third-order valence-corrected chi connectivity index (χ3v) is 3.93. The molecule has 1 heterocycles. The van der Waals surface area contributed by atoms with Crippen molar-refractivity contribution >= 4 is 52.6 Å². The Morgan fingerprint density at radius 1 is 1.32 bits per heavy atom. The van der Waals surface area contributed by atoms with E-state index in [-0.39, 0.29) is 26.6 Å². The standard InChI is InChI=1S/C14H11Cl3N4O/c1-7-3-2-4-8(5-7)6-19-21-14(22)12-9(15)11(18)10(16)13(17)20-12/h2-6H,1H3,(H2,18,20)(H,21,22)/p+1/b19-6-. The summed E-state index contributed by atoms with van der Waals surface area (Å²) in [6.45, 7) is 1.96. The molecule has 0 spiro atoms. The van der Waals surface area contributed by atoms with Crippen LogP contribution in [0.5, 0.6) is 0 Å². The zero-order valence-corrected chi connectivity index (χ0v) is 13.7. The summed E-state index contributed by atoms with van der Waals surface area (Å²) >= 11 is 17.6. The molecule has 22 heavy (non-hydrogen) atoms. The second-order valence-corrected chi connectivity index (χ2v) is 5.60. The SMILES string of the molecule is Cc1cccc(/C=N\NC(=O)c2[nH+]c(Cl)c(Cl)c(N)c2Cl)c1. The van der Waals surface area contributed by atoms with Crippen LogP contribution in [0.25, 0.3) is 0 Å². The molecule has 4 N–H and O–H groups in total. The van der Waals surface area contributed by atoms with Crippen LogP contribution in [0.3, 0.4) is 0 Å². The molecule has 0 fully saturated rings. The maximum atomic E-state index is 12.0. The van der Waals surface area contributed by atoms with E-state index in [1.807, 2.05) is 31.2 Å². The van der Waals surface area contributed by atoms with E-state index >= 15 is 0 Å². The van der Waals surface area contributed by atoms with E-state index in [0.717, 1.165) is 11.1 Å². The topological polar surface area (TPSA) is 81.6 Å². The summed E-state index contributed by atoms with van der Waals surface area (Å²) < 4.78 is 0. The number of anilines is 1. The number of nitrogens with zero attached hydrogens (tertiary/aromatic N) is 1. The van der Waals surface area contributed by atoms with Gasteiger partial charge in [-0.15, -0.1) is 0 Å². The molecule has 0 atom stereocenters. The summed E-state index contributed by atoms with van der Waals surface area (Å²) in [7, 11) is 0. The Morgan fingerprint density at radius 3 is 2.73 bits per heavy atom. The Kier molecular flexibility index (Phi) is 5.24. The average molecular weight is 359 g/mol. The fraction of sp³-hybridized carbons (Fsp3) is 0.0714. The minimum atomic E-state index is -0.584. The molecule has 1 aromatic carbocycles. The van der Waals surface area contributed by atoms with E-state index in [4.69, 9.17) is 40.5 Å². The first kappa shape index (κ1) is 16.5. The highest BCUT2D eigenvalue weighted by atomic mass is 35.5. The van der Waals surface area contributed by atoms with Crippen LogP contribution in [0.2, 0.25) is 15.2 Å². The zero-order chi connectivity index (χ0) is 16.3. The largest absolute Gasteiger partial charge is 0.396 e. The maximum absolute atomic E-state index is 12.0. The first-order chi connectivity index (χ1) is 10.4. The Balaban J connectivity index is 2.17. The molecule has 0 bridgehead atoms. The van der Waals surface area contributed by atoms with Gasteiger partial charge in [-0.2, -0.15) is 10.1 Å². The number of halogens is 3. The number of hydrazone groups is 1. The van der Waals surface area contributed by atoms with Crippen molar-refractivity contribution in [1.29, 1.82) is 0 Å². The third kappa shape index (κ3) is 3.68. The minimum Gasteiger partial charge on any atom is -0.396 e. The van der Waals surface area contributed by atoms with Gasteiger partial charge in [0.25, 0.3) is 10.8 Å². The lowest BCUT2D eigenvalue weighted by Crippen LogP contribution is -2.28. The van der Waals surface area contributed by atoms with Crippen molar-refractivity contribution in [2.45, 2.75) is 6.92 Å². The van der Waals surface area contributed by atoms with Gasteiger partial charge in [0.05, 0.1) is 11.9 Å². The zero-order valence-electron chi connectivity index (χ0n) is 11.5. The molecule has 114 valence electrons. The van der Waals surface area contributed by atoms with Crippen molar-refractivity contribution in [3.63, 3.8) is 0 Å². The summed E-state index contributed by atoms with van der Waals surface area (Å²) in [5.41, 5.74) is 9.96. The van der Waals surface area contributed by atoms with Crippen molar-refractivity contribution in [2.75, 3.05) is 5.73 Å². The molecule has 1 aromatic heterocycles. The fourth-order valence-electron chi connectivity index (χ4n) is 1.70. The molecule has 1 amide bonds. The minimum absolute atomic E-state index is 0.0161. The van der Waals surface area contributed by atoms with Crippen molar-refractivity contribution in [1.82, 2.24) is 5.43 Å².